The summed E-state index contributed by atoms with van der Waals surface area (Å²) in [6.45, 7) is 1.06. The van der Waals surface area contributed by atoms with Gasteiger partial charge in [0.15, 0.2) is 0 Å². The number of aryl methyl sites for hydroxylation is 1. The number of nitrogens with one attached hydrogen (secondary N) is 1. The molecule has 0 aliphatic carbocycles. The molecular formula is C13H15N3OS. The molecule has 0 fully saturated rings. The summed E-state index contributed by atoms with van der Waals surface area (Å²) >= 11 is 1.31. The fourth-order valence-electron chi connectivity index (χ4n) is 2.27. The zero-order chi connectivity index (χ0) is 12.5. The van der Waals surface area contributed by atoms with Crippen molar-refractivity contribution in [3.05, 3.63) is 29.3 Å². The number of thioether (sulfide) groups is 1. The molecule has 2 aliphatic heterocycles. The SMILES string of the molecule is CN1N=C(c2ccc3c(c2)CCCN3)CSC1=O. The number of rotatable bonds is 1. The predicted molar refractivity (Wildman–Crippen MR) is 75.4 cm³/mol. The van der Waals surface area contributed by atoms with E-state index in [1.807, 2.05) is 0 Å². The van der Waals surface area contributed by atoms with E-state index in [2.05, 4.69) is 28.6 Å². The standard InChI is InChI=1S/C13H15N3OS/c1-16-13(17)18-8-12(15-16)10-4-5-11-9(7-10)3-2-6-14-11/h4-5,7,14H,2-3,6,8H2,1H3. The molecule has 2 heterocycles. The Kier molecular flexibility index (Phi) is 2.99. The monoisotopic (exact) mass is 261 g/mol. The van der Waals surface area contributed by atoms with Crippen LogP contribution in [-0.2, 0) is 6.42 Å². The van der Waals surface area contributed by atoms with E-state index in [4.69, 9.17) is 0 Å². The van der Waals surface area contributed by atoms with E-state index < -0.39 is 0 Å². The molecule has 94 valence electrons. The zero-order valence-electron chi connectivity index (χ0n) is 10.3. The molecule has 4 nitrogen and oxygen atoms in total. The van der Waals surface area contributed by atoms with E-state index in [0.717, 1.165) is 24.2 Å². The van der Waals surface area contributed by atoms with Crippen molar-refractivity contribution in [3.8, 4) is 0 Å². The molecule has 0 saturated heterocycles. The number of benzene rings is 1. The Morgan fingerprint density at radius 1 is 1.44 bits per heavy atom. The van der Waals surface area contributed by atoms with Crippen molar-refractivity contribution in [1.82, 2.24) is 5.01 Å². The van der Waals surface area contributed by atoms with Gasteiger partial charge in [-0.1, -0.05) is 17.8 Å². The molecule has 0 spiro atoms. The van der Waals surface area contributed by atoms with Gasteiger partial charge in [-0.25, -0.2) is 5.01 Å². The Morgan fingerprint density at radius 3 is 3.17 bits per heavy atom. The maximum Gasteiger partial charge on any atom is 0.301 e. The van der Waals surface area contributed by atoms with Gasteiger partial charge >= 0.3 is 5.24 Å². The molecule has 0 aromatic heterocycles. The zero-order valence-corrected chi connectivity index (χ0v) is 11.1. The van der Waals surface area contributed by atoms with Gasteiger partial charge in [0, 0.05) is 25.0 Å². The average molecular weight is 261 g/mol. The number of hydrogen-bond donors (Lipinski definition) is 1. The minimum absolute atomic E-state index is 0.0124. The maximum atomic E-state index is 11.4. The summed E-state index contributed by atoms with van der Waals surface area (Å²) in [7, 11) is 1.70. The first-order chi connectivity index (χ1) is 8.74. The van der Waals surface area contributed by atoms with Gasteiger partial charge in [0.2, 0.25) is 0 Å². The van der Waals surface area contributed by atoms with Crippen LogP contribution < -0.4 is 5.32 Å². The maximum absolute atomic E-state index is 11.4. The molecule has 2 aliphatic rings. The summed E-state index contributed by atoms with van der Waals surface area (Å²) in [5, 5.41) is 9.17. The fourth-order valence-corrected chi connectivity index (χ4v) is 2.98. The molecule has 1 amide bonds. The molecular weight excluding hydrogens is 246 g/mol. The summed E-state index contributed by atoms with van der Waals surface area (Å²) < 4.78 is 0. The Bertz CT molecular complexity index is 527. The summed E-state index contributed by atoms with van der Waals surface area (Å²) in [6.07, 6.45) is 2.29. The molecule has 18 heavy (non-hydrogen) atoms. The fraction of sp³-hybridized carbons (Fsp3) is 0.385. The quantitative estimate of drug-likeness (QED) is 0.845. The first kappa shape index (κ1) is 11.6. The van der Waals surface area contributed by atoms with E-state index in [9.17, 15) is 4.79 Å². The van der Waals surface area contributed by atoms with Crippen LogP contribution in [-0.4, -0.2) is 35.3 Å². The van der Waals surface area contributed by atoms with Crippen molar-refractivity contribution in [2.75, 3.05) is 24.7 Å². The van der Waals surface area contributed by atoms with Crippen molar-refractivity contribution in [1.29, 1.82) is 0 Å². The molecule has 5 heteroatoms. The number of fused-ring (bicyclic) bond motifs is 1. The lowest BCUT2D eigenvalue weighted by Crippen LogP contribution is -2.26. The van der Waals surface area contributed by atoms with Crippen LogP contribution in [0.4, 0.5) is 10.5 Å². The van der Waals surface area contributed by atoms with Crippen LogP contribution >= 0.6 is 11.8 Å². The average Bonchev–Trinajstić information content (AvgIpc) is 2.41. The van der Waals surface area contributed by atoms with Crippen LogP contribution in [0.3, 0.4) is 0 Å². The lowest BCUT2D eigenvalue weighted by Gasteiger charge is -2.21. The minimum atomic E-state index is 0.0124. The van der Waals surface area contributed by atoms with Crippen molar-refractivity contribution in [2.45, 2.75) is 12.8 Å². The molecule has 1 N–H and O–H groups in total. The molecule has 0 bridgehead atoms. The van der Waals surface area contributed by atoms with E-state index in [1.54, 1.807) is 7.05 Å². The molecule has 0 radical (unpaired) electrons. The minimum Gasteiger partial charge on any atom is -0.385 e. The second-order valence-corrected chi connectivity index (χ2v) is 5.45. The van der Waals surface area contributed by atoms with Gasteiger partial charge in [0.25, 0.3) is 0 Å². The highest BCUT2D eigenvalue weighted by molar-refractivity contribution is 8.14. The van der Waals surface area contributed by atoms with Crippen LogP contribution in [0.25, 0.3) is 0 Å². The lowest BCUT2D eigenvalue weighted by atomic mass is 9.99. The third-order valence-corrected chi connectivity index (χ3v) is 4.17. The number of hydrogen-bond acceptors (Lipinski definition) is 4. The summed E-state index contributed by atoms with van der Waals surface area (Å²) in [4.78, 5) is 11.4. The van der Waals surface area contributed by atoms with E-state index in [-0.39, 0.29) is 5.24 Å². The second kappa shape index (κ2) is 4.65. The highest BCUT2D eigenvalue weighted by Gasteiger charge is 2.19. The van der Waals surface area contributed by atoms with Gasteiger partial charge in [-0.3, -0.25) is 4.79 Å². The van der Waals surface area contributed by atoms with Crippen LogP contribution in [0.15, 0.2) is 23.3 Å². The number of nitrogens with zero attached hydrogens (tertiary/aromatic N) is 2. The third kappa shape index (κ3) is 2.10. The number of carbonyl (C=O) groups is 1. The number of amides is 1. The number of anilines is 1. The first-order valence-corrected chi connectivity index (χ1v) is 7.08. The van der Waals surface area contributed by atoms with Crippen LogP contribution in [0.5, 0.6) is 0 Å². The van der Waals surface area contributed by atoms with Gasteiger partial charge in [-0.05, 0) is 36.1 Å². The largest absolute Gasteiger partial charge is 0.385 e. The van der Waals surface area contributed by atoms with Gasteiger partial charge < -0.3 is 5.32 Å². The summed E-state index contributed by atoms with van der Waals surface area (Å²) in [5.74, 6) is 0.662. The van der Waals surface area contributed by atoms with Gasteiger partial charge in [-0.15, -0.1) is 0 Å². The lowest BCUT2D eigenvalue weighted by molar-refractivity contribution is 0.235. The Morgan fingerprint density at radius 2 is 2.33 bits per heavy atom. The molecule has 0 atom stereocenters. The van der Waals surface area contributed by atoms with E-state index >= 15 is 0 Å². The number of carbonyl (C=O) groups excluding carboxylic acids is 1. The predicted octanol–water partition coefficient (Wildman–Crippen LogP) is 2.55. The van der Waals surface area contributed by atoms with E-state index in [0.29, 0.717) is 5.75 Å². The van der Waals surface area contributed by atoms with Gasteiger partial charge in [-0.2, -0.15) is 5.10 Å². The first-order valence-electron chi connectivity index (χ1n) is 6.09. The van der Waals surface area contributed by atoms with Crippen LogP contribution in [0.2, 0.25) is 0 Å². The Balaban J connectivity index is 1.93. The molecule has 3 rings (SSSR count). The highest BCUT2D eigenvalue weighted by atomic mass is 32.2. The van der Waals surface area contributed by atoms with Crippen LogP contribution in [0, 0.1) is 0 Å². The smallest absolute Gasteiger partial charge is 0.301 e. The van der Waals surface area contributed by atoms with Crippen molar-refractivity contribution < 1.29 is 4.79 Å². The topological polar surface area (TPSA) is 44.7 Å². The van der Waals surface area contributed by atoms with Gasteiger partial charge in [0.1, 0.15) is 0 Å². The van der Waals surface area contributed by atoms with E-state index in [1.165, 1.54) is 34.4 Å². The molecule has 1 aromatic rings. The number of hydrazone groups is 1. The van der Waals surface area contributed by atoms with Crippen molar-refractivity contribution in [2.24, 2.45) is 5.10 Å². The Labute approximate surface area is 110 Å². The van der Waals surface area contributed by atoms with Crippen molar-refractivity contribution >= 4 is 28.4 Å². The van der Waals surface area contributed by atoms with Crippen molar-refractivity contribution in [3.63, 3.8) is 0 Å². The van der Waals surface area contributed by atoms with Gasteiger partial charge in [0.05, 0.1) is 5.71 Å². The summed E-state index contributed by atoms with van der Waals surface area (Å²) in [6, 6.07) is 6.40. The molecule has 0 unspecified atom stereocenters. The normalized spacial score (nSPS) is 19.1. The highest BCUT2D eigenvalue weighted by Crippen LogP contribution is 2.25. The molecule has 0 saturated carbocycles. The van der Waals surface area contributed by atoms with Crippen LogP contribution in [0.1, 0.15) is 17.5 Å². The third-order valence-electron chi connectivity index (χ3n) is 3.24. The molecule has 1 aromatic carbocycles. The summed E-state index contributed by atoms with van der Waals surface area (Å²) in [5.41, 5.74) is 4.70. The second-order valence-electron chi connectivity index (χ2n) is 4.53. The Hall–Kier alpha value is -1.49.